The second-order valence-electron chi connectivity index (χ2n) is 11.7. The number of pyridine rings is 1. The van der Waals surface area contributed by atoms with Gasteiger partial charge in [0.15, 0.2) is 0 Å². The van der Waals surface area contributed by atoms with Crippen LogP contribution in [-0.2, 0) is 12.8 Å². The predicted octanol–water partition coefficient (Wildman–Crippen LogP) is 9.41. The van der Waals surface area contributed by atoms with Gasteiger partial charge in [-0.15, -0.1) is 0 Å². The molecule has 1 atom stereocenters. The Morgan fingerprint density at radius 1 is 0.571 bits per heavy atom. The Bertz CT molecular complexity index is 2380. The molecule has 42 heavy (non-hydrogen) atoms. The smallest absolute Gasteiger partial charge is 0.263 e. The van der Waals surface area contributed by atoms with Crippen molar-refractivity contribution in [2.45, 2.75) is 18.8 Å². The maximum atomic E-state index is 13.7. The van der Waals surface area contributed by atoms with Crippen molar-refractivity contribution in [2.75, 3.05) is 0 Å². The molecule has 198 valence electrons. The van der Waals surface area contributed by atoms with E-state index in [9.17, 15) is 4.79 Å². The molecule has 0 radical (unpaired) electrons. The molecule has 6 aromatic carbocycles. The second kappa shape index (κ2) is 8.89. The molecule has 1 aliphatic rings. The summed E-state index contributed by atoms with van der Waals surface area (Å²) in [5, 5.41) is 5.13. The molecule has 2 heterocycles. The average Bonchev–Trinajstić information content (AvgIpc) is 3.39. The SMILES string of the molecule is O=c1c2ccccc2c2cc(-c3ccc4c(c3)-c3ccccc3C(Cc3ccccc3)C4)cc3c4ccccc4n1c23. The van der Waals surface area contributed by atoms with E-state index in [1.54, 1.807) is 0 Å². The first kappa shape index (κ1) is 23.5. The van der Waals surface area contributed by atoms with Crippen LogP contribution in [0.25, 0.3) is 60.2 Å². The third-order valence-corrected chi connectivity index (χ3v) is 9.34. The summed E-state index contributed by atoms with van der Waals surface area (Å²) in [5.74, 6) is 0.461. The largest absolute Gasteiger partial charge is 0.275 e. The molecule has 2 heteroatoms. The lowest BCUT2D eigenvalue weighted by molar-refractivity contribution is 0.673. The monoisotopic (exact) mass is 537 g/mol. The number of hydrogen-bond donors (Lipinski definition) is 0. The molecule has 0 bridgehead atoms. The molecule has 2 nitrogen and oxygen atoms in total. The average molecular weight is 538 g/mol. The van der Waals surface area contributed by atoms with E-state index in [1.165, 1.54) is 38.9 Å². The lowest BCUT2D eigenvalue weighted by atomic mass is 9.75. The van der Waals surface area contributed by atoms with Gasteiger partial charge in [-0.3, -0.25) is 9.20 Å². The minimum absolute atomic E-state index is 0.0486. The fraction of sp³-hybridized carbons (Fsp3) is 0.0750. The molecule has 9 rings (SSSR count). The molecule has 0 N–H and O–H groups in total. The first-order valence-electron chi connectivity index (χ1n) is 14.7. The van der Waals surface area contributed by atoms with Crippen LogP contribution in [0.2, 0.25) is 0 Å². The highest BCUT2D eigenvalue weighted by Gasteiger charge is 2.25. The molecule has 0 aliphatic heterocycles. The van der Waals surface area contributed by atoms with Gasteiger partial charge in [-0.25, -0.2) is 0 Å². The van der Waals surface area contributed by atoms with Crippen molar-refractivity contribution in [1.82, 2.24) is 4.40 Å². The van der Waals surface area contributed by atoms with Gasteiger partial charge in [0.1, 0.15) is 0 Å². The molecule has 1 unspecified atom stereocenters. The van der Waals surface area contributed by atoms with E-state index in [0.717, 1.165) is 50.8 Å². The lowest BCUT2D eigenvalue weighted by Crippen LogP contribution is -2.14. The molecular weight excluding hydrogens is 510 g/mol. The summed E-state index contributed by atoms with van der Waals surface area (Å²) < 4.78 is 1.92. The van der Waals surface area contributed by atoms with Gasteiger partial charge in [0, 0.05) is 21.5 Å². The first-order chi connectivity index (χ1) is 20.7. The number of rotatable bonds is 3. The summed E-state index contributed by atoms with van der Waals surface area (Å²) in [6, 6.07) is 47.7. The van der Waals surface area contributed by atoms with E-state index in [0.29, 0.717) is 5.92 Å². The molecule has 2 aromatic heterocycles. The van der Waals surface area contributed by atoms with Crippen LogP contribution in [0.1, 0.15) is 22.6 Å². The van der Waals surface area contributed by atoms with Crippen LogP contribution >= 0.6 is 0 Å². The van der Waals surface area contributed by atoms with Crippen molar-refractivity contribution in [3.63, 3.8) is 0 Å². The molecule has 0 fully saturated rings. The van der Waals surface area contributed by atoms with Crippen LogP contribution in [0.5, 0.6) is 0 Å². The normalized spacial score (nSPS) is 14.5. The number of nitrogens with zero attached hydrogens (tertiary/aromatic N) is 1. The van der Waals surface area contributed by atoms with Crippen LogP contribution in [0.15, 0.2) is 138 Å². The number of aromatic nitrogens is 1. The molecule has 0 amide bonds. The van der Waals surface area contributed by atoms with E-state index in [1.807, 2.05) is 28.7 Å². The first-order valence-corrected chi connectivity index (χ1v) is 14.7. The lowest BCUT2D eigenvalue weighted by Gasteiger charge is -2.28. The highest BCUT2D eigenvalue weighted by atomic mass is 16.1. The molecule has 0 saturated heterocycles. The van der Waals surface area contributed by atoms with Gasteiger partial charge in [-0.2, -0.15) is 0 Å². The topological polar surface area (TPSA) is 21.5 Å². The van der Waals surface area contributed by atoms with Gasteiger partial charge in [-0.05, 0) is 93.4 Å². The van der Waals surface area contributed by atoms with Gasteiger partial charge in [0.05, 0.1) is 11.0 Å². The third-order valence-electron chi connectivity index (χ3n) is 9.34. The summed E-state index contributed by atoms with van der Waals surface area (Å²) in [6.45, 7) is 0. The number of fused-ring (bicyclic) bond motifs is 8. The quantitative estimate of drug-likeness (QED) is 0.206. The summed E-state index contributed by atoms with van der Waals surface area (Å²) in [5.41, 5.74) is 11.3. The van der Waals surface area contributed by atoms with E-state index in [2.05, 4.69) is 109 Å². The molecule has 8 aromatic rings. The van der Waals surface area contributed by atoms with Crippen molar-refractivity contribution in [2.24, 2.45) is 0 Å². The second-order valence-corrected chi connectivity index (χ2v) is 11.7. The Morgan fingerprint density at radius 2 is 1.26 bits per heavy atom. The van der Waals surface area contributed by atoms with Crippen molar-refractivity contribution in [1.29, 1.82) is 0 Å². The van der Waals surface area contributed by atoms with Crippen molar-refractivity contribution in [3.8, 4) is 22.3 Å². The number of hydrogen-bond acceptors (Lipinski definition) is 1. The molecule has 0 spiro atoms. The summed E-state index contributed by atoms with van der Waals surface area (Å²) in [7, 11) is 0. The zero-order valence-electron chi connectivity index (χ0n) is 23.0. The predicted molar refractivity (Wildman–Crippen MR) is 175 cm³/mol. The van der Waals surface area contributed by atoms with Crippen molar-refractivity contribution < 1.29 is 0 Å². The highest BCUT2D eigenvalue weighted by molar-refractivity contribution is 6.21. The third kappa shape index (κ3) is 3.36. The minimum atomic E-state index is 0.0486. The van der Waals surface area contributed by atoms with Crippen LogP contribution in [0.4, 0.5) is 0 Å². The Hall–Kier alpha value is -5.21. The van der Waals surface area contributed by atoms with Gasteiger partial charge in [0.25, 0.3) is 5.56 Å². The maximum Gasteiger partial charge on any atom is 0.263 e. The number of para-hydroxylation sites is 1. The van der Waals surface area contributed by atoms with Gasteiger partial charge in [0.2, 0.25) is 0 Å². The van der Waals surface area contributed by atoms with E-state index in [4.69, 9.17) is 0 Å². The minimum Gasteiger partial charge on any atom is -0.275 e. The Labute approximate surface area is 243 Å². The Kier molecular flexibility index (Phi) is 4.97. The van der Waals surface area contributed by atoms with Crippen LogP contribution in [0.3, 0.4) is 0 Å². The summed E-state index contributed by atoms with van der Waals surface area (Å²) in [4.78, 5) is 13.7. The van der Waals surface area contributed by atoms with Crippen molar-refractivity contribution in [3.05, 3.63) is 161 Å². The summed E-state index contributed by atoms with van der Waals surface area (Å²) >= 11 is 0. The number of benzene rings is 6. The fourth-order valence-electron chi connectivity index (χ4n) is 7.44. The standard InChI is InChI=1S/C40H27NO/c42-40-34-16-7-6-14-32(34)36-23-28(24-37-33-15-8-9-17-38(33)41(40)39(36)37)26-18-19-27-21-29(20-25-10-2-1-3-11-25)30-12-4-5-13-31(30)35(27)22-26/h1-19,22-24,29H,20-21H2. The van der Waals surface area contributed by atoms with E-state index < -0.39 is 0 Å². The zero-order chi connectivity index (χ0) is 27.8. The molecule has 1 aliphatic carbocycles. The highest BCUT2D eigenvalue weighted by Crippen LogP contribution is 2.44. The van der Waals surface area contributed by atoms with Crippen LogP contribution < -0.4 is 5.56 Å². The molecule has 0 saturated carbocycles. The molecular formula is C40H27NO. The van der Waals surface area contributed by atoms with Gasteiger partial charge >= 0.3 is 0 Å². The van der Waals surface area contributed by atoms with E-state index >= 15 is 0 Å². The van der Waals surface area contributed by atoms with Gasteiger partial charge in [-0.1, -0.05) is 103 Å². The van der Waals surface area contributed by atoms with Crippen LogP contribution in [-0.4, -0.2) is 4.40 Å². The van der Waals surface area contributed by atoms with E-state index in [-0.39, 0.29) is 5.56 Å². The fourth-order valence-corrected chi connectivity index (χ4v) is 7.44. The maximum absolute atomic E-state index is 13.7. The Balaban J connectivity index is 1.26. The zero-order valence-corrected chi connectivity index (χ0v) is 23.0. The Morgan fingerprint density at radius 3 is 2.12 bits per heavy atom. The summed E-state index contributed by atoms with van der Waals surface area (Å²) in [6.07, 6.45) is 2.08. The van der Waals surface area contributed by atoms with Gasteiger partial charge < -0.3 is 0 Å². The van der Waals surface area contributed by atoms with Crippen molar-refractivity contribution >= 4 is 38.0 Å². The van der Waals surface area contributed by atoms with Crippen LogP contribution in [0, 0.1) is 0 Å².